The summed E-state index contributed by atoms with van der Waals surface area (Å²) in [4.78, 5) is 22.5. The summed E-state index contributed by atoms with van der Waals surface area (Å²) in [6.45, 7) is 1.39. The third-order valence-electron chi connectivity index (χ3n) is 3.17. The second kappa shape index (κ2) is 6.33. The molecule has 0 bridgehead atoms. The van der Waals surface area contributed by atoms with Crippen molar-refractivity contribution in [3.05, 3.63) is 35.4 Å². The Morgan fingerprint density at radius 2 is 1.95 bits per heavy atom. The number of rotatable bonds is 5. The van der Waals surface area contributed by atoms with Gasteiger partial charge in [-0.15, -0.1) is 0 Å². The fourth-order valence-corrected chi connectivity index (χ4v) is 2.08. The van der Waals surface area contributed by atoms with Gasteiger partial charge in [0.1, 0.15) is 0 Å². The summed E-state index contributed by atoms with van der Waals surface area (Å²) >= 11 is 0. The van der Waals surface area contributed by atoms with Gasteiger partial charge in [-0.3, -0.25) is 4.79 Å². The first kappa shape index (κ1) is 13.5. The first-order valence-electron chi connectivity index (χ1n) is 6.40. The number of benzene rings is 1. The van der Waals surface area contributed by atoms with E-state index in [0.29, 0.717) is 12.1 Å². The maximum absolute atomic E-state index is 11.8. The molecule has 19 heavy (non-hydrogen) atoms. The van der Waals surface area contributed by atoms with E-state index in [1.807, 2.05) is 0 Å². The lowest BCUT2D eigenvalue weighted by Gasteiger charge is -2.10. The number of carboxylic acids is 1. The Morgan fingerprint density at radius 3 is 2.53 bits per heavy atom. The van der Waals surface area contributed by atoms with Gasteiger partial charge in [-0.2, -0.15) is 0 Å². The Bertz CT molecular complexity index is 449. The van der Waals surface area contributed by atoms with Crippen molar-refractivity contribution in [2.24, 2.45) is 0 Å². The van der Waals surface area contributed by atoms with Gasteiger partial charge >= 0.3 is 5.97 Å². The molecule has 1 aromatic carbocycles. The maximum atomic E-state index is 11.8. The first-order valence-corrected chi connectivity index (χ1v) is 6.40. The number of ether oxygens (including phenoxy) is 1. The number of carbonyl (C=O) groups excluding carboxylic acids is 1. The Labute approximate surface area is 111 Å². The second-order valence-corrected chi connectivity index (χ2v) is 4.56. The zero-order valence-corrected chi connectivity index (χ0v) is 10.6. The summed E-state index contributed by atoms with van der Waals surface area (Å²) < 4.78 is 5.47. The lowest BCUT2D eigenvalue weighted by atomic mass is 10.1. The van der Waals surface area contributed by atoms with Gasteiger partial charge in [0.15, 0.2) is 0 Å². The van der Waals surface area contributed by atoms with Gasteiger partial charge in [0.2, 0.25) is 0 Å². The van der Waals surface area contributed by atoms with Gasteiger partial charge in [-0.1, -0.05) is 0 Å². The fourth-order valence-electron chi connectivity index (χ4n) is 2.08. The van der Waals surface area contributed by atoms with Crippen LogP contribution in [0.1, 0.15) is 40.0 Å². The number of hydrogen-bond acceptors (Lipinski definition) is 3. The monoisotopic (exact) mass is 263 g/mol. The molecule has 1 saturated heterocycles. The molecule has 1 fully saturated rings. The van der Waals surface area contributed by atoms with E-state index in [9.17, 15) is 9.59 Å². The minimum absolute atomic E-state index is 0.177. The summed E-state index contributed by atoms with van der Waals surface area (Å²) in [7, 11) is 0. The second-order valence-electron chi connectivity index (χ2n) is 4.56. The van der Waals surface area contributed by atoms with Crippen LogP contribution in [0.5, 0.6) is 0 Å². The minimum atomic E-state index is -0.995. The highest BCUT2D eigenvalue weighted by Gasteiger charge is 2.15. The van der Waals surface area contributed by atoms with E-state index in [1.165, 1.54) is 24.3 Å². The van der Waals surface area contributed by atoms with Crippen LogP contribution in [0.3, 0.4) is 0 Å². The number of amides is 1. The summed E-state index contributed by atoms with van der Waals surface area (Å²) in [6, 6.07) is 5.89. The molecule has 5 nitrogen and oxygen atoms in total. The van der Waals surface area contributed by atoms with E-state index < -0.39 is 5.97 Å². The van der Waals surface area contributed by atoms with Crippen molar-refractivity contribution in [1.29, 1.82) is 0 Å². The molecule has 0 spiro atoms. The maximum Gasteiger partial charge on any atom is 0.335 e. The molecule has 2 N–H and O–H groups in total. The van der Waals surface area contributed by atoms with Crippen molar-refractivity contribution in [3.8, 4) is 0 Å². The SMILES string of the molecule is O=C(O)c1ccc(C(=O)NCC[C@@H]2CCCO2)cc1. The van der Waals surface area contributed by atoms with Crippen molar-refractivity contribution >= 4 is 11.9 Å². The largest absolute Gasteiger partial charge is 0.478 e. The number of carbonyl (C=O) groups is 2. The Balaban J connectivity index is 1.80. The van der Waals surface area contributed by atoms with Gasteiger partial charge < -0.3 is 15.2 Å². The Morgan fingerprint density at radius 1 is 1.26 bits per heavy atom. The summed E-state index contributed by atoms with van der Waals surface area (Å²) in [6.07, 6.45) is 3.23. The zero-order valence-electron chi connectivity index (χ0n) is 10.6. The van der Waals surface area contributed by atoms with Gasteiger partial charge in [0.05, 0.1) is 11.7 Å². The van der Waals surface area contributed by atoms with Crippen LogP contribution in [0.4, 0.5) is 0 Å². The molecule has 0 radical (unpaired) electrons. The van der Waals surface area contributed by atoms with E-state index in [0.717, 1.165) is 25.9 Å². The summed E-state index contributed by atoms with van der Waals surface area (Å²) in [5.41, 5.74) is 0.647. The fraction of sp³-hybridized carbons (Fsp3) is 0.429. The van der Waals surface area contributed by atoms with Gasteiger partial charge in [0, 0.05) is 18.7 Å². The van der Waals surface area contributed by atoms with Crippen LogP contribution in [-0.2, 0) is 4.74 Å². The quantitative estimate of drug-likeness (QED) is 0.847. The number of aromatic carboxylic acids is 1. The smallest absolute Gasteiger partial charge is 0.335 e. The molecule has 0 saturated carbocycles. The van der Waals surface area contributed by atoms with Crippen LogP contribution in [0.2, 0.25) is 0 Å². The average molecular weight is 263 g/mol. The Hall–Kier alpha value is -1.88. The van der Waals surface area contributed by atoms with Crippen LogP contribution in [0.15, 0.2) is 24.3 Å². The lowest BCUT2D eigenvalue weighted by Crippen LogP contribution is -2.27. The number of hydrogen-bond donors (Lipinski definition) is 2. The molecule has 1 amide bonds. The van der Waals surface area contributed by atoms with Crippen LogP contribution in [0, 0.1) is 0 Å². The van der Waals surface area contributed by atoms with Crippen molar-refractivity contribution < 1.29 is 19.4 Å². The van der Waals surface area contributed by atoms with Gasteiger partial charge in [-0.05, 0) is 43.5 Å². The highest BCUT2D eigenvalue weighted by atomic mass is 16.5. The third kappa shape index (κ3) is 3.79. The molecular formula is C14H17NO4. The average Bonchev–Trinajstić information content (AvgIpc) is 2.92. The highest BCUT2D eigenvalue weighted by molar-refractivity contribution is 5.95. The molecule has 1 aliphatic heterocycles. The molecule has 1 aliphatic rings. The highest BCUT2D eigenvalue weighted by Crippen LogP contribution is 2.14. The molecular weight excluding hydrogens is 246 g/mol. The first-order chi connectivity index (χ1) is 9.16. The zero-order chi connectivity index (χ0) is 13.7. The summed E-state index contributed by atoms with van der Waals surface area (Å²) in [5, 5.41) is 11.6. The number of nitrogens with one attached hydrogen (secondary N) is 1. The van der Waals surface area contributed by atoms with Gasteiger partial charge in [-0.25, -0.2) is 4.79 Å². The standard InChI is InChI=1S/C14H17NO4/c16-13(15-8-7-12-2-1-9-19-12)10-3-5-11(6-4-10)14(17)18/h3-6,12H,1-2,7-9H2,(H,15,16)(H,17,18)/t12-/m0/s1. The number of carboxylic acid groups (broad SMARTS) is 1. The molecule has 2 rings (SSSR count). The normalized spacial score (nSPS) is 18.2. The summed E-state index contributed by atoms with van der Waals surface area (Å²) in [5.74, 6) is -1.18. The molecule has 1 atom stereocenters. The van der Waals surface area contributed by atoms with E-state index in [2.05, 4.69) is 5.32 Å². The van der Waals surface area contributed by atoms with Crippen molar-refractivity contribution in [1.82, 2.24) is 5.32 Å². The third-order valence-corrected chi connectivity index (χ3v) is 3.17. The van der Waals surface area contributed by atoms with Crippen LogP contribution >= 0.6 is 0 Å². The molecule has 1 aromatic rings. The molecule has 5 heteroatoms. The topological polar surface area (TPSA) is 75.6 Å². The molecule has 102 valence electrons. The van der Waals surface area contributed by atoms with Crippen LogP contribution in [0.25, 0.3) is 0 Å². The van der Waals surface area contributed by atoms with E-state index in [-0.39, 0.29) is 17.6 Å². The minimum Gasteiger partial charge on any atom is -0.478 e. The van der Waals surface area contributed by atoms with E-state index >= 15 is 0 Å². The van der Waals surface area contributed by atoms with E-state index in [4.69, 9.17) is 9.84 Å². The van der Waals surface area contributed by atoms with Gasteiger partial charge in [0.25, 0.3) is 5.91 Å². The molecule has 0 unspecified atom stereocenters. The van der Waals surface area contributed by atoms with Crippen molar-refractivity contribution in [3.63, 3.8) is 0 Å². The predicted molar refractivity (Wildman–Crippen MR) is 69.3 cm³/mol. The van der Waals surface area contributed by atoms with Crippen LogP contribution in [-0.4, -0.2) is 36.2 Å². The molecule has 1 heterocycles. The molecule has 0 aliphatic carbocycles. The van der Waals surface area contributed by atoms with Crippen molar-refractivity contribution in [2.75, 3.05) is 13.2 Å². The van der Waals surface area contributed by atoms with Crippen LogP contribution < -0.4 is 5.32 Å². The van der Waals surface area contributed by atoms with Crippen molar-refractivity contribution in [2.45, 2.75) is 25.4 Å². The lowest BCUT2D eigenvalue weighted by molar-refractivity contribution is 0.0696. The Kier molecular flexibility index (Phi) is 4.52. The van der Waals surface area contributed by atoms with E-state index in [1.54, 1.807) is 0 Å². The predicted octanol–water partition coefficient (Wildman–Crippen LogP) is 1.68. The molecule has 0 aromatic heterocycles.